The second kappa shape index (κ2) is 9.79. The first-order valence-electron chi connectivity index (χ1n) is 12.8. The largest absolute Gasteiger partial charge is 0.208 e. The zero-order valence-corrected chi connectivity index (χ0v) is 21.7. The second-order valence-electron chi connectivity index (χ2n) is 9.43. The van der Waals surface area contributed by atoms with Crippen LogP contribution in [0.1, 0.15) is 0 Å². The molecule has 3 nitrogen and oxygen atoms in total. The van der Waals surface area contributed by atoms with Crippen molar-refractivity contribution in [2.45, 2.75) is 0 Å². The average molecular weight is 520 g/mol. The monoisotopic (exact) mass is 519 g/mol. The van der Waals surface area contributed by atoms with Crippen LogP contribution in [0, 0.1) is 0 Å². The zero-order valence-electron chi connectivity index (χ0n) is 20.9. The highest BCUT2D eigenvalue weighted by atomic mass is 35.5. The summed E-state index contributed by atoms with van der Waals surface area (Å²) in [5.74, 6) is 1.87. The van der Waals surface area contributed by atoms with Gasteiger partial charge in [-0.15, -0.1) is 0 Å². The molecule has 0 aliphatic heterocycles. The first-order chi connectivity index (χ1) is 19.2. The molecule has 39 heavy (non-hydrogen) atoms. The van der Waals surface area contributed by atoms with Crippen molar-refractivity contribution in [2.24, 2.45) is 0 Å². The van der Waals surface area contributed by atoms with Crippen LogP contribution in [0.3, 0.4) is 0 Å². The number of hydrogen-bond donors (Lipinski definition) is 0. The van der Waals surface area contributed by atoms with Gasteiger partial charge in [0.25, 0.3) is 0 Å². The van der Waals surface area contributed by atoms with Gasteiger partial charge in [0.05, 0.1) is 5.02 Å². The maximum Gasteiger partial charge on any atom is 0.164 e. The molecule has 0 saturated carbocycles. The number of fused-ring (bicyclic) bond motifs is 2. The molecule has 0 radical (unpaired) electrons. The van der Waals surface area contributed by atoms with Gasteiger partial charge in [-0.3, -0.25) is 0 Å². The Labute approximate surface area is 231 Å². The van der Waals surface area contributed by atoms with Gasteiger partial charge in [-0.05, 0) is 33.9 Å². The van der Waals surface area contributed by atoms with Gasteiger partial charge in [0.2, 0.25) is 0 Å². The van der Waals surface area contributed by atoms with Gasteiger partial charge in [0.15, 0.2) is 17.5 Å². The van der Waals surface area contributed by atoms with Gasteiger partial charge >= 0.3 is 0 Å². The van der Waals surface area contributed by atoms with Crippen molar-refractivity contribution in [3.8, 4) is 45.3 Å². The number of aromatic nitrogens is 3. The molecule has 0 unspecified atom stereocenters. The third-order valence-electron chi connectivity index (χ3n) is 6.98. The molecular weight excluding hydrogens is 498 g/mol. The molecule has 7 aromatic rings. The Bertz CT molecular complexity index is 1970. The van der Waals surface area contributed by atoms with Gasteiger partial charge in [-0.25, -0.2) is 15.0 Å². The van der Waals surface area contributed by atoms with E-state index in [1.54, 1.807) is 0 Å². The van der Waals surface area contributed by atoms with Gasteiger partial charge in [0.1, 0.15) is 0 Å². The van der Waals surface area contributed by atoms with Crippen molar-refractivity contribution in [1.82, 2.24) is 15.0 Å². The van der Waals surface area contributed by atoms with E-state index in [-0.39, 0.29) is 0 Å². The molecule has 184 valence electrons. The molecular formula is C35H22ClN3. The van der Waals surface area contributed by atoms with Gasteiger partial charge < -0.3 is 0 Å². The maximum atomic E-state index is 6.99. The van der Waals surface area contributed by atoms with Crippen LogP contribution in [0.5, 0.6) is 0 Å². The van der Waals surface area contributed by atoms with Crippen molar-refractivity contribution >= 4 is 33.1 Å². The lowest BCUT2D eigenvalue weighted by Crippen LogP contribution is -2.01. The van der Waals surface area contributed by atoms with Crippen LogP contribution in [-0.4, -0.2) is 15.0 Å². The molecule has 0 spiro atoms. The molecule has 1 heterocycles. The molecule has 7 rings (SSSR count). The first kappa shape index (κ1) is 23.3. The molecule has 6 aromatic carbocycles. The lowest BCUT2D eigenvalue weighted by Gasteiger charge is -2.14. The molecule has 0 atom stereocenters. The van der Waals surface area contributed by atoms with E-state index in [1.165, 1.54) is 5.39 Å². The zero-order chi connectivity index (χ0) is 26.2. The van der Waals surface area contributed by atoms with E-state index in [0.717, 1.165) is 44.0 Å². The summed E-state index contributed by atoms with van der Waals surface area (Å²) in [6.45, 7) is 0. The average Bonchev–Trinajstić information content (AvgIpc) is 3.02. The topological polar surface area (TPSA) is 38.7 Å². The van der Waals surface area contributed by atoms with E-state index in [9.17, 15) is 0 Å². The van der Waals surface area contributed by atoms with Crippen molar-refractivity contribution in [3.63, 3.8) is 0 Å². The van der Waals surface area contributed by atoms with E-state index in [0.29, 0.717) is 22.5 Å². The smallest absolute Gasteiger partial charge is 0.164 e. The lowest BCUT2D eigenvalue weighted by atomic mass is 9.96. The van der Waals surface area contributed by atoms with Crippen LogP contribution in [0.2, 0.25) is 5.02 Å². The summed E-state index contributed by atoms with van der Waals surface area (Å²) < 4.78 is 0. The Morgan fingerprint density at radius 3 is 1.69 bits per heavy atom. The quantitative estimate of drug-likeness (QED) is 0.232. The normalized spacial score (nSPS) is 11.2. The van der Waals surface area contributed by atoms with E-state index in [2.05, 4.69) is 60.7 Å². The molecule has 0 bridgehead atoms. The predicted molar refractivity (Wildman–Crippen MR) is 162 cm³/mol. The van der Waals surface area contributed by atoms with Crippen LogP contribution in [0.25, 0.3) is 66.8 Å². The second-order valence-corrected chi connectivity index (χ2v) is 9.81. The molecule has 0 saturated heterocycles. The minimum Gasteiger partial charge on any atom is -0.208 e. The highest BCUT2D eigenvalue weighted by Gasteiger charge is 2.18. The van der Waals surface area contributed by atoms with Crippen LogP contribution >= 0.6 is 11.6 Å². The number of halogens is 1. The fraction of sp³-hybridized carbons (Fsp3) is 0. The van der Waals surface area contributed by atoms with Crippen molar-refractivity contribution < 1.29 is 0 Å². The number of benzene rings is 6. The van der Waals surface area contributed by atoms with Crippen LogP contribution in [-0.2, 0) is 0 Å². The predicted octanol–water partition coefficient (Wildman–Crippen LogP) is 9.50. The molecule has 0 N–H and O–H groups in total. The summed E-state index contributed by atoms with van der Waals surface area (Å²) in [7, 11) is 0. The van der Waals surface area contributed by atoms with Crippen molar-refractivity contribution in [1.29, 1.82) is 0 Å². The van der Waals surface area contributed by atoms with Crippen LogP contribution in [0.15, 0.2) is 133 Å². The third-order valence-corrected chi connectivity index (χ3v) is 7.39. The van der Waals surface area contributed by atoms with E-state index >= 15 is 0 Å². The summed E-state index contributed by atoms with van der Waals surface area (Å²) >= 11 is 6.99. The van der Waals surface area contributed by atoms with Crippen LogP contribution < -0.4 is 0 Å². The fourth-order valence-corrected chi connectivity index (χ4v) is 5.35. The molecule has 0 amide bonds. The molecule has 0 aliphatic carbocycles. The van der Waals surface area contributed by atoms with Crippen molar-refractivity contribution in [3.05, 3.63) is 138 Å². The Morgan fingerprint density at radius 2 is 0.949 bits per heavy atom. The first-order valence-corrected chi connectivity index (χ1v) is 13.2. The van der Waals surface area contributed by atoms with Gasteiger partial charge in [0, 0.05) is 27.6 Å². The van der Waals surface area contributed by atoms with Crippen molar-refractivity contribution in [2.75, 3.05) is 0 Å². The number of hydrogen-bond acceptors (Lipinski definition) is 3. The summed E-state index contributed by atoms with van der Waals surface area (Å²) in [4.78, 5) is 15.0. The SMILES string of the molecule is Clc1c(-c2ccccc2)cc(-c2nc(-c3ccccc3)nc(-c3ccc4ccccc4c3)n2)c2ccccc12. The fourth-order valence-electron chi connectivity index (χ4n) is 5.02. The number of nitrogens with zero attached hydrogens (tertiary/aromatic N) is 3. The number of rotatable bonds is 4. The Balaban J connectivity index is 1.51. The maximum absolute atomic E-state index is 6.99. The third kappa shape index (κ3) is 4.33. The standard InChI is InChI=1S/C35H22ClN3/c36-32-29-18-10-9-17-28(29)31(22-30(32)24-12-3-1-4-13-24)35-38-33(25-14-5-2-6-15-25)37-34(39-35)27-20-19-23-11-7-8-16-26(23)21-27/h1-22H. The van der Waals surface area contributed by atoms with E-state index in [4.69, 9.17) is 26.6 Å². The van der Waals surface area contributed by atoms with E-state index in [1.807, 2.05) is 72.8 Å². The minimum absolute atomic E-state index is 0.608. The Hall–Kier alpha value is -4.86. The van der Waals surface area contributed by atoms with E-state index < -0.39 is 0 Å². The highest BCUT2D eigenvalue weighted by Crippen LogP contribution is 2.40. The summed E-state index contributed by atoms with van der Waals surface area (Å²) in [6.07, 6.45) is 0. The summed E-state index contributed by atoms with van der Waals surface area (Å²) in [6, 6.07) is 45.1. The minimum atomic E-state index is 0.608. The summed E-state index contributed by atoms with van der Waals surface area (Å²) in [5, 5.41) is 4.99. The Morgan fingerprint density at radius 1 is 0.385 bits per heavy atom. The summed E-state index contributed by atoms with van der Waals surface area (Å²) in [5.41, 5.74) is 4.78. The molecule has 1 aromatic heterocycles. The lowest BCUT2D eigenvalue weighted by molar-refractivity contribution is 1.08. The Kier molecular flexibility index (Phi) is 5.84. The highest BCUT2D eigenvalue weighted by molar-refractivity contribution is 6.39. The van der Waals surface area contributed by atoms with Crippen LogP contribution in [0.4, 0.5) is 0 Å². The van der Waals surface area contributed by atoms with Gasteiger partial charge in [-0.1, -0.05) is 133 Å². The molecule has 4 heteroatoms. The van der Waals surface area contributed by atoms with Gasteiger partial charge in [-0.2, -0.15) is 0 Å². The molecule has 0 fully saturated rings. The molecule has 0 aliphatic rings.